The fraction of sp³-hybridized carbons (Fsp3) is 0.471. The highest BCUT2D eigenvalue weighted by atomic mass is 35.5. The Morgan fingerprint density at radius 3 is 2.33 bits per heavy atom. The minimum Gasteiger partial charge on any atom is -0.479 e. The highest BCUT2D eigenvalue weighted by Crippen LogP contribution is 2.33. The van der Waals surface area contributed by atoms with Crippen LogP contribution in [0.1, 0.15) is 32.8 Å². The van der Waals surface area contributed by atoms with Crippen LogP contribution in [0, 0.1) is 0 Å². The number of carbonyl (C=O) groups is 1. The molecule has 1 aliphatic heterocycles. The van der Waals surface area contributed by atoms with Gasteiger partial charge < -0.3 is 9.64 Å². The summed E-state index contributed by atoms with van der Waals surface area (Å²) in [5, 5.41) is 0. The molecule has 0 aliphatic carbocycles. The molecule has 1 heterocycles. The Morgan fingerprint density at radius 1 is 1.14 bits per heavy atom. The molecular formula is C17H24ClNO2. The molecule has 116 valence electrons. The van der Waals surface area contributed by atoms with E-state index in [9.17, 15) is 4.79 Å². The first-order valence-electron chi connectivity index (χ1n) is 7.32. The van der Waals surface area contributed by atoms with E-state index in [1.807, 2.05) is 37.3 Å². The van der Waals surface area contributed by atoms with E-state index < -0.39 is 5.60 Å². The standard InChI is InChI=1S/C17H23NO2.ClH/c1-4-18(5-2)12-11-17(3)16(19)13-15(20-17)14-9-7-6-8-10-14;/h6-10,13H,4-5,11-12H2,1-3H3;1H. The van der Waals surface area contributed by atoms with Crippen LogP contribution in [0.5, 0.6) is 0 Å². The fourth-order valence-corrected chi connectivity index (χ4v) is 2.42. The summed E-state index contributed by atoms with van der Waals surface area (Å²) in [6.45, 7) is 9.05. The van der Waals surface area contributed by atoms with E-state index in [1.54, 1.807) is 6.08 Å². The van der Waals surface area contributed by atoms with Crippen molar-refractivity contribution in [3.05, 3.63) is 42.0 Å². The van der Waals surface area contributed by atoms with Crippen molar-refractivity contribution in [2.24, 2.45) is 0 Å². The second kappa shape index (κ2) is 7.62. The van der Waals surface area contributed by atoms with Crippen LogP contribution >= 0.6 is 12.4 Å². The third kappa shape index (κ3) is 4.08. The summed E-state index contributed by atoms with van der Waals surface area (Å²) in [5.41, 5.74) is 0.251. The van der Waals surface area contributed by atoms with Gasteiger partial charge >= 0.3 is 0 Å². The first-order valence-corrected chi connectivity index (χ1v) is 7.32. The summed E-state index contributed by atoms with van der Waals surface area (Å²) in [4.78, 5) is 14.6. The molecule has 0 saturated heterocycles. The average molecular weight is 310 g/mol. The molecule has 0 aromatic heterocycles. The number of rotatable bonds is 6. The van der Waals surface area contributed by atoms with Crippen LogP contribution in [-0.4, -0.2) is 35.9 Å². The molecular weight excluding hydrogens is 286 g/mol. The van der Waals surface area contributed by atoms with Gasteiger partial charge in [-0.15, -0.1) is 12.4 Å². The van der Waals surface area contributed by atoms with Crippen LogP contribution in [0.3, 0.4) is 0 Å². The first kappa shape index (κ1) is 17.7. The monoisotopic (exact) mass is 309 g/mol. The number of halogens is 1. The predicted molar refractivity (Wildman–Crippen MR) is 88.6 cm³/mol. The van der Waals surface area contributed by atoms with E-state index in [4.69, 9.17) is 4.74 Å². The molecule has 4 heteroatoms. The maximum atomic E-state index is 12.2. The van der Waals surface area contributed by atoms with Gasteiger partial charge in [-0.05, 0) is 20.0 Å². The lowest BCUT2D eigenvalue weighted by molar-refractivity contribution is -0.128. The van der Waals surface area contributed by atoms with Crippen molar-refractivity contribution in [2.45, 2.75) is 32.8 Å². The van der Waals surface area contributed by atoms with Gasteiger partial charge in [0, 0.05) is 24.6 Å². The normalized spacial score (nSPS) is 21.0. The van der Waals surface area contributed by atoms with Crippen LogP contribution in [0.25, 0.3) is 5.76 Å². The minimum atomic E-state index is -0.715. The molecule has 1 aliphatic rings. The van der Waals surface area contributed by atoms with E-state index in [-0.39, 0.29) is 18.2 Å². The molecule has 0 fully saturated rings. The Hall–Kier alpha value is -1.32. The predicted octanol–water partition coefficient (Wildman–Crippen LogP) is 3.54. The van der Waals surface area contributed by atoms with Gasteiger partial charge in [-0.3, -0.25) is 4.79 Å². The van der Waals surface area contributed by atoms with E-state index in [0.29, 0.717) is 5.76 Å². The van der Waals surface area contributed by atoms with Crippen molar-refractivity contribution >= 4 is 23.9 Å². The van der Waals surface area contributed by atoms with Crippen molar-refractivity contribution in [3.63, 3.8) is 0 Å². The summed E-state index contributed by atoms with van der Waals surface area (Å²) in [6, 6.07) is 9.80. The summed E-state index contributed by atoms with van der Waals surface area (Å²) in [7, 11) is 0. The van der Waals surface area contributed by atoms with E-state index in [0.717, 1.165) is 31.6 Å². The Bertz CT molecular complexity index is 497. The van der Waals surface area contributed by atoms with Crippen molar-refractivity contribution in [2.75, 3.05) is 19.6 Å². The molecule has 0 spiro atoms. The number of carbonyl (C=O) groups excluding carboxylic acids is 1. The third-order valence-electron chi connectivity index (χ3n) is 3.98. The minimum absolute atomic E-state index is 0. The molecule has 1 aromatic carbocycles. The Kier molecular flexibility index (Phi) is 6.43. The molecule has 1 aromatic rings. The molecule has 1 unspecified atom stereocenters. The maximum absolute atomic E-state index is 12.2. The van der Waals surface area contributed by atoms with Crippen molar-refractivity contribution < 1.29 is 9.53 Å². The number of nitrogens with zero attached hydrogens (tertiary/aromatic N) is 1. The van der Waals surface area contributed by atoms with Gasteiger partial charge in [-0.1, -0.05) is 44.2 Å². The molecule has 2 rings (SSSR count). The van der Waals surface area contributed by atoms with Gasteiger partial charge in [0.1, 0.15) is 5.76 Å². The van der Waals surface area contributed by atoms with E-state index in [1.165, 1.54) is 0 Å². The molecule has 1 atom stereocenters. The van der Waals surface area contributed by atoms with Gasteiger partial charge in [-0.25, -0.2) is 0 Å². The zero-order valence-corrected chi connectivity index (χ0v) is 13.8. The maximum Gasteiger partial charge on any atom is 0.202 e. The van der Waals surface area contributed by atoms with Crippen LogP contribution in [0.2, 0.25) is 0 Å². The van der Waals surface area contributed by atoms with Gasteiger partial charge in [0.05, 0.1) is 0 Å². The van der Waals surface area contributed by atoms with Crippen molar-refractivity contribution in [3.8, 4) is 0 Å². The Labute approximate surface area is 133 Å². The Morgan fingerprint density at radius 2 is 1.76 bits per heavy atom. The van der Waals surface area contributed by atoms with Crippen molar-refractivity contribution in [1.29, 1.82) is 0 Å². The van der Waals surface area contributed by atoms with Gasteiger partial charge in [0.15, 0.2) is 5.60 Å². The van der Waals surface area contributed by atoms with Crippen LogP contribution in [0.4, 0.5) is 0 Å². The molecule has 0 amide bonds. The smallest absolute Gasteiger partial charge is 0.202 e. The summed E-state index contributed by atoms with van der Waals surface area (Å²) >= 11 is 0. The summed E-state index contributed by atoms with van der Waals surface area (Å²) in [6.07, 6.45) is 2.36. The van der Waals surface area contributed by atoms with Gasteiger partial charge in [0.25, 0.3) is 0 Å². The second-order valence-corrected chi connectivity index (χ2v) is 5.35. The van der Waals surface area contributed by atoms with E-state index in [2.05, 4.69) is 18.7 Å². The van der Waals surface area contributed by atoms with Crippen LogP contribution in [0.15, 0.2) is 36.4 Å². The fourth-order valence-electron chi connectivity index (χ4n) is 2.42. The topological polar surface area (TPSA) is 29.5 Å². The summed E-state index contributed by atoms with van der Waals surface area (Å²) in [5.74, 6) is 0.765. The molecule has 0 bridgehead atoms. The highest BCUT2D eigenvalue weighted by Gasteiger charge is 2.40. The highest BCUT2D eigenvalue weighted by molar-refractivity contribution is 6.05. The molecule has 0 N–H and O–H groups in total. The lowest BCUT2D eigenvalue weighted by Crippen LogP contribution is -2.37. The number of hydrogen-bond donors (Lipinski definition) is 0. The molecule has 21 heavy (non-hydrogen) atoms. The zero-order chi connectivity index (χ0) is 14.6. The molecule has 0 saturated carbocycles. The van der Waals surface area contributed by atoms with Crippen LogP contribution < -0.4 is 0 Å². The lowest BCUT2D eigenvalue weighted by atomic mass is 9.97. The van der Waals surface area contributed by atoms with E-state index >= 15 is 0 Å². The van der Waals surface area contributed by atoms with Crippen LogP contribution in [-0.2, 0) is 9.53 Å². The van der Waals surface area contributed by atoms with Gasteiger partial charge in [0.2, 0.25) is 5.78 Å². The first-order chi connectivity index (χ1) is 9.59. The number of ether oxygens (including phenoxy) is 1. The molecule has 3 nitrogen and oxygen atoms in total. The largest absolute Gasteiger partial charge is 0.479 e. The average Bonchev–Trinajstić information content (AvgIpc) is 2.77. The number of ketones is 1. The Balaban J connectivity index is 0.00000220. The number of hydrogen-bond acceptors (Lipinski definition) is 3. The third-order valence-corrected chi connectivity index (χ3v) is 3.98. The molecule has 0 radical (unpaired) electrons. The summed E-state index contributed by atoms with van der Waals surface area (Å²) < 4.78 is 5.97. The SMILES string of the molecule is CCN(CC)CCC1(C)OC(c2ccccc2)=CC1=O.Cl. The number of benzene rings is 1. The second-order valence-electron chi connectivity index (χ2n) is 5.35. The lowest BCUT2D eigenvalue weighted by Gasteiger charge is -2.27. The van der Waals surface area contributed by atoms with Crippen molar-refractivity contribution in [1.82, 2.24) is 4.90 Å². The van der Waals surface area contributed by atoms with Gasteiger partial charge in [-0.2, -0.15) is 0 Å². The quantitative estimate of drug-likeness (QED) is 0.805. The zero-order valence-electron chi connectivity index (χ0n) is 13.0.